The molecule has 2 N–H and O–H groups in total. The van der Waals surface area contributed by atoms with Crippen molar-refractivity contribution in [3.63, 3.8) is 0 Å². The van der Waals surface area contributed by atoms with Crippen molar-refractivity contribution in [3.05, 3.63) is 35.4 Å². The molecule has 4 nitrogen and oxygen atoms in total. The van der Waals surface area contributed by atoms with Gasteiger partial charge in [0.2, 0.25) is 5.91 Å². The first-order chi connectivity index (χ1) is 11.2. The van der Waals surface area contributed by atoms with Crippen molar-refractivity contribution >= 4 is 5.91 Å². The van der Waals surface area contributed by atoms with E-state index in [1.165, 1.54) is 37.9 Å². The minimum Gasteiger partial charge on any atom is -0.352 e. The van der Waals surface area contributed by atoms with E-state index in [0.29, 0.717) is 13.0 Å². The Morgan fingerprint density at radius 3 is 2.43 bits per heavy atom. The second kappa shape index (κ2) is 9.68. The van der Waals surface area contributed by atoms with E-state index < -0.39 is 0 Å². The molecule has 1 aliphatic rings. The lowest BCUT2D eigenvalue weighted by atomic mass is 9.94. The Balaban J connectivity index is 1.73. The van der Waals surface area contributed by atoms with Crippen molar-refractivity contribution in [2.45, 2.75) is 45.7 Å². The molecule has 1 amide bonds. The van der Waals surface area contributed by atoms with Gasteiger partial charge in [0, 0.05) is 26.1 Å². The first-order valence-electron chi connectivity index (χ1n) is 8.92. The number of carbonyl (C=O) groups is 1. The number of hydrogen-bond acceptors (Lipinski definition) is 3. The zero-order valence-corrected chi connectivity index (χ0v) is 14.6. The van der Waals surface area contributed by atoms with Crippen LogP contribution in [0, 0.1) is 5.92 Å². The van der Waals surface area contributed by atoms with E-state index in [2.05, 4.69) is 46.7 Å². The molecule has 0 aliphatic carbocycles. The van der Waals surface area contributed by atoms with Crippen LogP contribution in [0.2, 0.25) is 0 Å². The summed E-state index contributed by atoms with van der Waals surface area (Å²) in [6.45, 7) is 7.13. The van der Waals surface area contributed by atoms with E-state index >= 15 is 0 Å². The molecule has 128 valence electrons. The Kier molecular flexibility index (Phi) is 7.56. The Bertz CT molecular complexity index is 464. The van der Waals surface area contributed by atoms with E-state index in [1.807, 2.05) is 7.05 Å². The average molecular weight is 317 g/mol. The zero-order valence-electron chi connectivity index (χ0n) is 14.6. The van der Waals surface area contributed by atoms with E-state index in [1.54, 1.807) is 0 Å². The largest absolute Gasteiger partial charge is 0.352 e. The van der Waals surface area contributed by atoms with Gasteiger partial charge in [-0.1, -0.05) is 37.6 Å². The van der Waals surface area contributed by atoms with Crippen LogP contribution in [0.15, 0.2) is 24.3 Å². The number of benzene rings is 1. The molecular formula is C19H31N3O. The highest BCUT2D eigenvalue weighted by Crippen LogP contribution is 2.21. The van der Waals surface area contributed by atoms with Crippen molar-refractivity contribution in [3.8, 4) is 0 Å². The van der Waals surface area contributed by atoms with Gasteiger partial charge in [-0.15, -0.1) is 0 Å². The van der Waals surface area contributed by atoms with Crippen LogP contribution in [0.1, 0.15) is 43.7 Å². The topological polar surface area (TPSA) is 44.4 Å². The fourth-order valence-corrected chi connectivity index (χ4v) is 3.10. The number of nitrogens with zero attached hydrogens (tertiary/aromatic N) is 1. The number of piperidine rings is 1. The van der Waals surface area contributed by atoms with Gasteiger partial charge in [-0.05, 0) is 50.0 Å². The van der Waals surface area contributed by atoms with Gasteiger partial charge < -0.3 is 10.6 Å². The third-order valence-electron chi connectivity index (χ3n) is 4.81. The summed E-state index contributed by atoms with van der Waals surface area (Å²) in [6.07, 6.45) is 4.53. The molecule has 1 aliphatic heterocycles. The number of hydrogen-bond donors (Lipinski definition) is 2. The van der Waals surface area contributed by atoms with Crippen LogP contribution in [0.5, 0.6) is 0 Å². The normalized spacial score (nSPS) is 16.4. The number of amides is 1. The predicted molar refractivity (Wildman–Crippen MR) is 95.1 cm³/mol. The molecule has 1 fully saturated rings. The third kappa shape index (κ3) is 6.32. The molecule has 0 bridgehead atoms. The smallest absolute Gasteiger partial charge is 0.221 e. The monoisotopic (exact) mass is 317 g/mol. The lowest BCUT2D eigenvalue weighted by Crippen LogP contribution is -2.33. The molecule has 0 saturated carbocycles. The van der Waals surface area contributed by atoms with Crippen molar-refractivity contribution in [1.29, 1.82) is 0 Å². The maximum atomic E-state index is 11.6. The van der Waals surface area contributed by atoms with Crippen LogP contribution in [-0.4, -0.2) is 37.5 Å². The molecule has 0 spiro atoms. The number of nitrogens with one attached hydrogen (secondary N) is 2. The molecule has 1 heterocycles. The number of carbonyl (C=O) groups excluding carboxylic acids is 1. The van der Waals surface area contributed by atoms with Crippen LogP contribution in [0.4, 0.5) is 0 Å². The standard InChI is InChI=1S/C19H31N3O/c1-3-16-9-12-22(13-10-16)15-18-6-4-17(5-7-18)14-21-19(23)8-11-20-2/h4-7,16,20H,3,8-15H2,1-2H3,(H,21,23). The van der Waals surface area contributed by atoms with Crippen molar-refractivity contribution in [2.75, 3.05) is 26.7 Å². The van der Waals surface area contributed by atoms with Gasteiger partial charge in [-0.3, -0.25) is 9.69 Å². The fraction of sp³-hybridized carbons (Fsp3) is 0.632. The van der Waals surface area contributed by atoms with Gasteiger partial charge in [0.05, 0.1) is 0 Å². The molecule has 0 atom stereocenters. The van der Waals surface area contributed by atoms with E-state index in [-0.39, 0.29) is 5.91 Å². The van der Waals surface area contributed by atoms with Gasteiger partial charge in [0.15, 0.2) is 0 Å². The first-order valence-corrected chi connectivity index (χ1v) is 8.92. The van der Waals surface area contributed by atoms with Crippen LogP contribution >= 0.6 is 0 Å². The highest BCUT2D eigenvalue weighted by atomic mass is 16.1. The molecule has 1 aromatic rings. The summed E-state index contributed by atoms with van der Waals surface area (Å²) < 4.78 is 0. The lowest BCUT2D eigenvalue weighted by molar-refractivity contribution is -0.121. The van der Waals surface area contributed by atoms with Crippen molar-refractivity contribution in [2.24, 2.45) is 5.92 Å². The first kappa shape index (κ1) is 18.0. The van der Waals surface area contributed by atoms with Gasteiger partial charge in [0.1, 0.15) is 0 Å². The maximum Gasteiger partial charge on any atom is 0.221 e. The molecule has 1 saturated heterocycles. The third-order valence-corrected chi connectivity index (χ3v) is 4.81. The van der Waals surface area contributed by atoms with E-state index in [0.717, 1.165) is 24.6 Å². The molecule has 0 radical (unpaired) electrons. The minimum atomic E-state index is 0.0993. The second-order valence-electron chi connectivity index (χ2n) is 6.57. The quantitative estimate of drug-likeness (QED) is 0.774. The van der Waals surface area contributed by atoms with Gasteiger partial charge in [-0.2, -0.15) is 0 Å². The van der Waals surface area contributed by atoms with Gasteiger partial charge in [-0.25, -0.2) is 0 Å². The van der Waals surface area contributed by atoms with Crippen molar-refractivity contribution in [1.82, 2.24) is 15.5 Å². The summed E-state index contributed by atoms with van der Waals surface area (Å²) in [4.78, 5) is 14.2. The molecule has 1 aromatic carbocycles. The maximum absolute atomic E-state index is 11.6. The van der Waals surface area contributed by atoms with Gasteiger partial charge >= 0.3 is 0 Å². The van der Waals surface area contributed by atoms with Crippen LogP contribution in [0.3, 0.4) is 0 Å². The molecular weight excluding hydrogens is 286 g/mol. The zero-order chi connectivity index (χ0) is 16.5. The van der Waals surface area contributed by atoms with E-state index in [9.17, 15) is 4.79 Å². The number of likely N-dealkylation sites (tertiary alicyclic amines) is 1. The van der Waals surface area contributed by atoms with Crippen molar-refractivity contribution < 1.29 is 4.79 Å². The average Bonchev–Trinajstić information content (AvgIpc) is 2.60. The Morgan fingerprint density at radius 2 is 1.83 bits per heavy atom. The molecule has 0 unspecified atom stereocenters. The molecule has 0 aromatic heterocycles. The Morgan fingerprint density at radius 1 is 1.17 bits per heavy atom. The summed E-state index contributed by atoms with van der Waals surface area (Å²) in [7, 11) is 1.86. The van der Waals surface area contributed by atoms with Crippen LogP contribution < -0.4 is 10.6 Å². The molecule has 2 rings (SSSR count). The summed E-state index contributed by atoms with van der Waals surface area (Å²) in [5.74, 6) is 1.03. The molecule has 23 heavy (non-hydrogen) atoms. The molecule has 4 heteroatoms. The second-order valence-corrected chi connectivity index (χ2v) is 6.57. The predicted octanol–water partition coefficient (Wildman–Crippen LogP) is 2.53. The highest BCUT2D eigenvalue weighted by molar-refractivity contribution is 5.76. The summed E-state index contributed by atoms with van der Waals surface area (Å²) in [5, 5.41) is 5.94. The number of rotatable bonds is 8. The minimum absolute atomic E-state index is 0.0993. The summed E-state index contributed by atoms with van der Waals surface area (Å²) >= 11 is 0. The van der Waals surface area contributed by atoms with Crippen LogP contribution in [0.25, 0.3) is 0 Å². The Hall–Kier alpha value is -1.39. The SMILES string of the molecule is CCC1CCN(Cc2ccc(CNC(=O)CCNC)cc2)CC1. The Labute approximate surface area is 140 Å². The van der Waals surface area contributed by atoms with E-state index in [4.69, 9.17) is 0 Å². The fourth-order valence-electron chi connectivity index (χ4n) is 3.10. The highest BCUT2D eigenvalue weighted by Gasteiger charge is 2.17. The summed E-state index contributed by atoms with van der Waals surface area (Å²) in [6, 6.07) is 8.65. The summed E-state index contributed by atoms with van der Waals surface area (Å²) in [5.41, 5.74) is 2.53. The lowest BCUT2D eigenvalue weighted by Gasteiger charge is -2.31. The van der Waals surface area contributed by atoms with Gasteiger partial charge in [0.25, 0.3) is 0 Å². The van der Waals surface area contributed by atoms with Crippen LogP contribution in [-0.2, 0) is 17.9 Å².